The zero-order chi connectivity index (χ0) is 48.6. The Kier molecular flexibility index (Phi) is 32.2. The number of hydrogen-bond acceptors (Lipinski definition) is 13. The van der Waals surface area contributed by atoms with Crippen LogP contribution < -0.4 is 21.7 Å². The van der Waals surface area contributed by atoms with E-state index in [1.807, 2.05) is 0 Å². The van der Waals surface area contributed by atoms with Crippen molar-refractivity contribution >= 4 is 41.5 Å². The smallest absolute Gasteiger partial charge is 0.309 e. The topological polar surface area (TPSA) is 279 Å². The van der Waals surface area contributed by atoms with E-state index in [4.69, 9.17) is 29.8 Å². The number of primary amides is 1. The molecular weight excluding hydrogens is 845 g/mol. The number of carbonyl (C=O) groups is 7. The molecular formula is C47H84N4O14. The molecule has 1 fully saturated rings. The Morgan fingerprint density at radius 1 is 0.677 bits per heavy atom. The van der Waals surface area contributed by atoms with Crippen molar-refractivity contribution in [2.24, 2.45) is 5.73 Å². The Morgan fingerprint density at radius 3 is 1.71 bits per heavy atom. The summed E-state index contributed by atoms with van der Waals surface area (Å²) < 4.78 is 22.7. The monoisotopic (exact) mass is 929 g/mol. The Hall–Kier alpha value is -3.87. The fourth-order valence-electron chi connectivity index (χ4n) is 7.65. The van der Waals surface area contributed by atoms with Gasteiger partial charge in [0.15, 0.2) is 6.29 Å². The lowest BCUT2D eigenvalue weighted by Gasteiger charge is -2.43. The standard InChI is InChI=1S/C47H84N4O14/c1-6-8-10-12-14-15-16-17-18-19-21-23-25-27-39(55)64-35(26-24-22-20-13-11-9-7-2)30-40(56)62-31-37-42(57)43(41(47(61)65-37)50-34(5)52)63-33(4)46(60)49-32(3)45(59)51-36(44(48)58)28-29-38(53)54/h32-33,35-37,41-43,47,57,61H,6-31H2,1-5H3,(H2,48,58)(H,49,60)(H,50,52)(H,51,59)(H,53,54)/t32-,33?,35+,36+,37+,41+,42+,43-,47?/m0/s1. The first-order valence-corrected chi connectivity index (χ1v) is 24.4. The van der Waals surface area contributed by atoms with Crippen molar-refractivity contribution in [2.45, 2.75) is 250 Å². The summed E-state index contributed by atoms with van der Waals surface area (Å²) in [5, 5.41) is 38.3. The van der Waals surface area contributed by atoms with Crippen molar-refractivity contribution in [3.05, 3.63) is 0 Å². The first kappa shape index (κ1) is 59.1. The highest BCUT2D eigenvalue weighted by atomic mass is 16.6. The van der Waals surface area contributed by atoms with Gasteiger partial charge in [-0.15, -0.1) is 0 Å². The Labute approximate surface area is 386 Å². The number of rotatable bonds is 38. The Morgan fingerprint density at radius 2 is 1.20 bits per heavy atom. The quantitative estimate of drug-likeness (QED) is 0.0312. The minimum Gasteiger partial charge on any atom is -0.481 e. The summed E-state index contributed by atoms with van der Waals surface area (Å²) >= 11 is 0. The van der Waals surface area contributed by atoms with Crippen LogP contribution in [0.15, 0.2) is 0 Å². The van der Waals surface area contributed by atoms with Gasteiger partial charge in [0.05, 0.1) is 6.42 Å². The zero-order valence-corrected chi connectivity index (χ0v) is 40.0. The summed E-state index contributed by atoms with van der Waals surface area (Å²) in [6.45, 7) is 7.58. The second kappa shape index (κ2) is 35.3. The van der Waals surface area contributed by atoms with E-state index in [-0.39, 0.29) is 25.2 Å². The maximum Gasteiger partial charge on any atom is 0.309 e. The Bertz CT molecular complexity index is 1400. The molecule has 0 aromatic heterocycles. The number of hydrogen-bond donors (Lipinski definition) is 7. The number of aliphatic hydroxyl groups is 2. The number of nitrogens with two attached hydrogens (primary N) is 1. The predicted molar refractivity (Wildman–Crippen MR) is 243 cm³/mol. The molecule has 376 valence electrons. The van der Waals surface area contributed by atoms with Crippen molar-refractivity contribution in [3.8, 4) is 0 Å². The lowest BCUT2D eigenvalue weighted by Crippen LogP contribution is -2.66. The molecule has 1 rings (SSSR count). The van der Waals surface area contributed by atoms with E-state index in [0.717, 1.165) is 64.7 Å². The molecule has 0 radical (unpaired) electrons. The van der Waals surface area contributed by atoms with Gasteiger partial charge in [0.1, 0.15) is 55.3 Å². The molecule has 18 heteroatoms. The SMILES string of the molecule is CCCCCCCCCCCCCCCC(=O)O[C@H](CCCCCCCCC)CC(=O)OC[C@H]1OC(O)[C@H](NC(C)=O)[C@H](OC(C)C(=O)N[C@@H](C)C(=O)N[C@H](CCC(=O)O)C(N)=O)[C@@H]1O. The van der Waals surface area contributed by atoms with Gasteiger partial charge in [-0.05, 0) is 39.5 Å². The molecule has 1 aliphatic heterocycles. The van der Waals surface area contributed by atoms with Gasteiger partial charge >= 0.3 is 17.9 Å². The van der Waals surface area contributed by atoms with Crippen LogP contribution in [0.1, 0.15) is 195 Å². The molecule has 0 spiro atoms. The molecule has 0 aromatic carbocycles. The lowest BCUT2D eigenvalue weighted by atomic mass is 9.96. The summed E-state index contributed by atoms with van der Waals surface area (Å²) in [6.07, 6.45) is 14.1. The summed E-state index contributed by atoms with van der Waals surface area (Å²) in [5.41, 5.74) is 5.29. The molecule has 9 atom stereocenters. The van der Waals surface area contributed by atoms with Crippen molar-refractivity contribution in [2.75, 3.05) is 6.61 Å². The number of amides is 4. The number of carboxylic acids is 1. The molecule has 4 amide bonds. The third-order valence-corrected chi connectivity index (χ3v) is 11.6. The van der Waals surface area contributed by atoms with Crippen LogP contribution in [-0.4, -0.2) is 118 Å². The van der Waals surface area contributed by atoms with Gasteiger partial charge in [0.25, 0.3) is 0 Å². The highest BCUT2D eigenvalue weighted by molar-refractivity contribution is 5.92. The molecule has 1 aliphatic rings. The lowest BCUT2D eigenvalue weighted by molar-refractivity contribution is -0.267. The van der Waals surface area contributed by atoms with Gasteiger partial charge in [0, 0.05) is 19.8 Å². The van der Waals surface area contributed by atoms with E-state index < -0.39 is 104 Å². The molecule has 8 N–H and O–H groups in total. The van der Waals surface area contributed by atoms with Crippen LogP contribution in [0, 0.1) is 0 Å². The van der Waals surface area contributed by atoms with E-state index in [1.54, 1.807) is 0 Å². The van der Waals surface area contributed by atoms with Crippen LogP contribution in [-0.2, 0) is 52.5 Å². The van der Waals surface area contributed by atoms with Gasteiger partial charge in [-0.1, -0.05) is 129 Å². The van der Waals surface area contributed by atoms with Crippen molar-refractivity contribution in [1.29, 1.82) is 0 Å². The summed E-state index contributed by atoms with van der Waals surface area (Å²) in [5.74, 6) is -5.57. The van der Waals surface area contributed by atoms with Crippen LogP contribution in [0.25, 0.3) is 0 Å². The summed E-state index contributed by atoms with van der Waals surface area (Å²) in [7, 11) is 0. The van der Waals surface area contributed by atoms with E-state index >= 15 is 0 Å². The fraction of sp³-hybridized carbons (Fsp3) is 0.851. The Balaban J connectivity index is 2.82. The van der Waals surface area contributed by atoms with E-state index in [0.29, 0.717) is 12.8 Å². The maximum absolute atomic E-state index is 13.2. The predicted octanol–water partition coefficient (Wildman–Crippen LogP) is 5.15. The number of ether oxygens (including phenoxy) is 4. The first-order valence-electron chi connectivity index (χ1n) is 24.4. The summed E-state index contributed by atoms with van der Waals surface area (Å²) in [6, 6.07) is -3.94. The third-order valence-electron chi connectivity index (χ3n) is 11.6. The summed E-state index contributed by atoms with van der Waals surface area (Å²) in [4.78, 5) is 86.7. The van der Waals surface area contributed by atoms with Gasteiger partial charge in [0.2, 0.25) is 23.6 Å². The molecule has 0 saturated carbocycles. The van der Waals surface area contributed by atoms with Crippen molar-refractivity contribution < 1.29 is 67.8 Å². The van der Waals surface area contributed by atoms with E-state index in [9.17, 15) is 43.8 Å². The van der Waals surface area contributed by atoms with Crippen molar-refractivity contribution in [3.63, 3.8) is 0 Å². The average Bonchev–Trinajstić information content (AvgIpc) is 3.24. The first-order chi connectivity index (χ1) is 31.0. The number of unbranched alkanes of at least 4 members (excludes halogenated alkanes) is 18. The van der Waals surface area contributed by atoms with Crippen LogP contribution >= 0.6 is 0 Å². The second-order valence-corrected chi connectivity index (χ2v) is 17.6. The second-order valence-electron chi connectivity index (χ2n) is 17.6. The van der Waals surface area contributed by atoms with Crippen molar-refractivity contribution in [1.82, 2.24) is 16.0 Å². The number of carboxylic acid groups (broad SMARTS) is 1. The average molecular weight is 929 g/mol. The normalized spacial score (nSPS) is 20.1. The molecule has 65 heavy (non-hydrogen) atoms. The van der Waals surface area contributed by atoms with Crippen LogP contribution in [0.2, 0.25) is 0 Å². The van der Waals surface area contributed by atoms with Crippen LogP contribution in [0.4, 0.5) is 0 Å². The van der Waals surface area contributed by atoms with Crippen LogP contribution in [0.5, 0.6) is 0 Å². The number of esters is 2. The number of aliphatic carboxylic acids is 1. The van der Waals surface area contributed by atoms with E-state index in [2.05, 4.69) is 29.8 Å². The van der Waals surface area contributed by atoms with Gasteiger partial charge < -0.3 is 56.0 Å². The third kappa shape index (κ3) is 27.4. The number of carbonyl (C=O) groups excluding carboxylic acids is 6. The van der Waals surface area contributed by atoms with Crippen LogP contribution in [0.3, 0.4) is 0 Å². The van der Waals surface area contributed by atoms with E-state index in [1.165, 1.54) is 78.1 Å². The highest BCUT2D eigenvalue weighted by Crippen LogP contribution is 2.25. The molecule has 1 saturated heterocycles. The van der Waals surface area contributed by atoms with Gasteiger partial charge in [-0.3, -0.25) is 33.6 Å². The minimum absolute atomic E-state index is 0.233. The zero-order valence-electron chi connectivity index (χ0n) is 40.0. The highest BCUT2D eigenvalue weighted by Gasteiger charge is 2.47. The molecule has 1 heterocycles. The minimum atomic E-state index is -1.77. The molecule has 18 nitrogen and oxygen atoms in total. The molecule has 0 aliphatic carbocycles. The number of nitrogens with one attached hydrogen (secondary N) is 3. The maximum atomic E-state index is 13.2. The fourth-order valence-corrected chi connectivity index (χ4v) is 7.65. The van der Waals surface area contributed by atoms with Gasteiger partial charge in [-0.2, -0.15) is 0 Å². The molecule has 0 bridgehead atoms. The molecule has 2 unspecified atom stereocenters. The largest absolute Gasteiger partial charge is 0.481 e. The van der Waals surface area contributed by atoms with Gasteiger partial charge in [-0.25, -0.2) is 0 Å². The number of aliphatic hydroxyl groups excluding tert-OH is 2. The molecule has 0 aromatic rings.